The third-order valence-electron chi connectivity index (χ3n) is 5.91. The molecule has 1 aromatic carbocycles. The van der Waals surface area contributed by atoms with Gasteiger partial charge in [-0.3, -0.25) is 0 Å². The minimum absolute atomic E-state index is 0.139. The molecule has 1 saturated heterocycles. The van der Waals surface area contributed by atoms with Crippen molar-refractivity contribution in [3.63, 3.8) is 0 Å². The molecule has 1 spiro atoms. The fourth-order valence-corrected chi connectivity index (χ4v) is 5.63. The standard InChI is InChI=1S/C18H25NO3S/c20-23(21,11-8-16-5-3-10-22-16)19-13-15-12-18(15)9-7-14-4-1-2-6-17(14)18/h1-2,4,6,15-16,19H,3,5,7-13H2. The van der Waals surface area contributed by atoms with Gasteiger partial charge in [-0.1, -0.05) is 24.3 Å². The summed E-state index contributed by atoms with van der Waals surface area (Å²) < 4.78 is 32.8. The van der Waals surface area contributed by atoms with Crippen LogP contribution in [0.5, 0.6) is 0 Å². The third-order valence-corrected chi connectivity index (χ3v) is 7.29. The Morgan fingerprint density at radius 3 is 3.00 bits per heavy atom. The molecule has 0 radical (unpaired) electrons. The van der Waals surface area contributed by atoms with E-state index in [9.17, 15) is 8.42 Å². The Hall–Kier alpha value is -0.910. The van der Waals surface area contributed by atoms with Crippen LogP contribution < -0.4 is 4.72 Å². The summed E-state index contributed by atoms with van der Waals surface area (Å²) in [4.78, 5) is 0. The summed E-state index contributed by atoms with van der Waals surface area (Å²) in [5.41, 5.74) is 3.17. The predicted octanol–water partition coefficient (Wildman–Crippen LogP) is 2.38. The molecule has 1 aromatic rings. The fourth-order valence-electron chi connectivity index (χ4n) is 4.46. The summed E-state index contributed by atoms with van der Waals surface area (Å²) in [6.45, 7) is 1.37. The molecule has 1 N–H and O–H groups in total. The molecule has 4 nitrogen and oxygen atoms in total. The van der Waals surface area contributed by atoms with Gasteiger partial charge in [-0.25, -0.2) is 13.1 Å². The first-order valence-electron chi connectivity index (χ1n) is 8.76. The third kappa shape index (κ3) is 3.06. The first-order chi connectivity index (χ1) is 11.1. The van der Waals surface area contributed by atoms with E-state index in [1.807, 2.05) is 0 Å². The largest absolute Gasteiger partial charge is 0.378 e. The Balaban J connectivity index is 1.31. The lowest BCUT2D eigenvalue weighted by molar-refractivity contribution is 0.109. The second-order valence-electron chi connectivity index (χ2n) is 7.31. The van der Waals surface area contributed by atoms with E-state index in [-0.39, 0.29) is 17.3 Å². The summed E-state index contributed by atoms with van der Waals surface area (Å²) in [5, 5.41) is 0. The van der Waals surface area contributed by atoms with Crippen LogP contribution in [-0.2, 0) is 26.6 Å². The van der Waals surface area contributed by atoms with Crippen molar-refractivity contribution < 1.29 is 13.2 Å². The van der Waals surface area contributed by atoms with E-state index in [0.29, 0.717) is 18.9 Å². The Kier molecular flexibility index (Phi) is 3.98. The van der Waals surface area contributed by atoms with Gasteiger partial charge < -0.3 is 4.74 Å². The summed E-state index contributed by atoms with van der Waals surface area (Å²) in [6.07, 6.45) is 6.25. The van der Waals surface area contributed by atoms with Crippen LogP contribution >= 0.6 is 0 Å². The lowest BCUT2D eigenvalue weighted by Crippen LogP contribution is -2.31. The number of rotatable bonds is 6. The Morgan fingerprint density at radius 1 is 1.30 bits per heavy atom. The molecule has 4 rings (SSSR count). The van der Waals surface area contributed by atoms with Gasteiger partial charge >= 0.3 is 0 Å². The second-order valence-corrected chi connectivity index (χ2v) is 9.23. The van der Waals surface area contributed by atoms with Gasteiger partial charge in [0.1, 0.15) is 0 Å². The highest BCUT2D eigenvalue weighted by atomic mass is 32.2. The first kappa shape index (κ1) is 15.6. The van der Waals surface area contributed by atoms with Gasteiger partial charge in [0, 0.05) is 18.6 Å². The van der Waals surface area contributed by atoms with Crippen LogP contribution in [0.3, 0.4) is 0 Å². The van der Waals surface area contributed by atoms with Gasteiger partial charge in [-0.05, 0) is 55.6 Å². The highest BCUT2D eigenvalue weighted by molar-refractivity contribution is 7.89. The van der Waals surface area contributed by atoms with Gasteiger partial charge in [-0.15, -0.1) is 0 Å². The van der Waals surface area contributed by atoms with E-state index in [2.05, 4.69) is 29.0 Å². The highest BCUT2D eigenvalue weighted by Gasteiger charge is 2.57. The highest BCUT2D eigenvalue weighted by Crippen LogP contribution is 2.61. The first-order valence-corrected chi connectivity index (χ1v) is 10.4. The molecule has 0 aromatic heterocycles. The Bertz CT molecular complexity index is 681. The zero-order chi connectivity index (χ0) is 15.9. The van der Waals surface area contributed by atoms with Crippen molar-refractivity contribution in [2.24, 2.45) is 5.92 Å². The molecule has 5 heteroatoms. The zero-order valence-electron chi connectivity index (χ0n) is 13.5. The number of hydrogen-bond acceptors (Lipinski definition) is 3. The topological polar surface area (TPSA) is 55.4 Å². The maximum atomic E-state index is 12.2. The van der Waals surface area contributed by atoms with Crippen molar-refractivity contribution in [2.75, 3.05) is 18.9 Å². The van der Waals surface area contributed by atoms with E-state index in [4.69, 9.17) is 4.74 Å². The molecule has 2 fully saturated rings. The van der Waals surface area contributed by atoms with Crippen molar-refractivity contribution in [1.82, 2.24) is 4.72 Å². The van der Waals surface area contributed by atoms with E-state index < -0.39 is 10.0 Å². The molecule has 23 heavy (non-hydrogen) atoms. The van der Waals surface area contributed by atoms with Crippen LogP contribution in [0.15, 0.2) is 24.3 Å². The van der Waals surface area contributed by atoms with Crippen LogP contribution in [0.25, 0.3) is 0 Å². The zero-order valence-corrected chi connectivity index (χ0v) is 14.3. The number of fused-ring (bicyclic) bond motifs is 2. The minimum Gasteiger partial charge on any atom is -0.378 e. The van der Waals surface area contributed by atoms with Crippen LogP contribution in [0.4, 0.5) is 0 Å². The fraction of sp³-hybridized carbons (Fsp3) is 0.667. The van der Waals surface area contributed by atoms with Crippen molar-refractivity contribution in [3.05, 3.63) is 35.4 Å². The molecule has 3 aliphatic rings. The summed E-state index contributed by atoms with van der Waals surface area (Å²) in [5.74, 6) is 0.650. The summed E-state index contributed by atoms with van der Waals surface area (Å²) in [6, 6.07) is 8.65. The van der Waals surface area contributed by atoms with Crippen molar-refractivity contribution in [2.45, 2.75) is 50.0 Å². The molecular weight excluding hydrogens is 310 g/mol. The Labute approximate surface area is 138 Å². The number of aryl methyl sites for hydroxylation is 1. The molecule has 2 aliphatic carbocycles. The quantitative estimate of drug-likeness (QED) is 0.868. The van der Waals surface area contributed by atoms with Crippen molar-refractivity contribution >= 4 is 10.0 Å². The normalized spacial score (nSPS) is 32.3. The molecule has 1 aliphatic heterocycles. The number of sulfonamides is 1. The second kappa shape index (κ2) is 5.87. The molecule has 1 heterocycles. The summed E-state index contributed by atoms with van der Waals surface area (Å²) >= 11 is 0. The smallest absolute Gasteiger partial charge is 0.211 e. The number of nitrogens with one attached hydrogen (secondary N) is 1. The molecule has 3 unspecified atom stereocenters. The van der Waals surface area contributed by atoms with Gasteiger partial charge in [0.05, 0.1) is 11.9 Å². The monoisotopic (exact) mass is 335 g/mol. The maximum Gasteiger partial charge on any atom is 0.211 e. The van der Waals surface area contributed by atoms with E-state index >= 15 is 0 Å². The van der Waals surface area contributed by atoms with Gasteiger partial charge in [0.2, 0.25) is 10.0 Å². The van der Waals surface area contributed by atoms with E-state index in [1.165, 1.54) is 17.5 Å². The minimum atomic E-state index is -3.18. The molecule has 0 amide bonds. The van der Waals surface area contributed by atoms with Gasteiger partial charge in [0.15, 0.2) is 0 Å². The summed E-state index contributed by atoms with van der Waals surface area (Å²) in [7, 11) is -3.18. The molecule has 0 bridgehead atoms. The van der Waals surface area contributed by atoms with Crippen LogP contribution in [0, 0.1) is 5.92 Å². The lowest BCUT2D eigenvalue weighted by Gasteiger charge is -2.13. The Morgan fingerprint density at radius 2 is 2.17 bits per heavy atom. The lowest BCUT2D eigenvalue weighted by atomic mass is 9.95. The predicted molar refractivity (Wildman–Crippen MR) is 89.9 cm³/mol. The van der Waals surface area contributed by atoms with Crippen LogP contribution in [-0.4, -0.2) is 33.4 Å². The van der Waals surface area contributed by atoms with Crippen molar-refractivity contribution in [3.8, 4) is 0 Å². The average molecular weight is 335 g/mol. The van der Waals surface area contributed by atoms with E-state index in [0.717, 1.165) is 32.3 Å². The van der Waals surface area contributed by atoms with Gasteiger partial charge in [0.25, 0.3) is 0 Å². The number of benzene rings is 1. The van der Waals surface area contributed by atoms with Crippen molar-refractivity contribution in [1.29, 1.82) is 0 Å². The maximum absolute atomic E-state index is 12.2. The molecule has 3 atom stereocenters. The molecule has 126 valence electrons. The average Bonchev–Trinajstić information content (AvgIpc) is 2.88. The van der Waals surface area contributed by atoms with E-state index in [1.54, 1.807) is 0 Å². The van der Waals surface area contributed by atoms with Gasteiger partial charge in [-0.2, -0.15) is 0 Å². The molecule has 1 saturated carbocycles. The number of ether oxygens (including phenoxy) is 1. The SMILES string of the molecule is O=S(=O)(CCC1CCCO1)NCC1CC12CCc1ccccc12. The number of hydrogen-bond donors (Lipinski definition) is 1. The molecular formula is C18H25NO3S. The van der Waals surface area contributed by atoms with Crippen LogP contribution in [0.2, 0.25) is 0 Å². The van der Waals surface area contributed by atoms with Crippen LogP contribution in [0.1, 0.15) is 43.2 Å².